The summed E-state index contributed by atoms with van der Waals surface area (Å²) in [6.45, 7) is 5.54. The van der Waals surface area contributed by atoms with Crippen LogP contribution in [0.15, 0.2) is 33.7 Å². The van der Waals surface area contributed by atoms with Gasteiger partial charge in [0.1, 0.15) is 5.76 Å². The van der Waals surface area contributed by atoms with Crippen LogP contribution in [0.2, 0.25) is 0 Å². The minimum atomic E-state index is -3.43. The van der Waals surface area contributed by atoms with E-state index in [0.29, 0.717) is 24.5 Å². The average Bonchev–Trinajstić information content (AvgIpc) is 2.82. The van der Waals surface area contributed by atoms with Gasteiger partial charge in [-0.15, -0.1) is 0 Å². The lowest BCUT2D eigenvalue weighted by Crippen LogP contribution is -2.31. The highest BCUT2D eigenvalue weighted by Crippen LogP contribution is 2.23. The molecule has 2 aromatic rings. The largest absolute Gasteiger partial charge is 0.381 e. The number of sulfonamides is 1. The Hall–Kier alpha value is -1.86. The Morgan fingerprint density at radius 2 is 1.88 bits per heavy atom. The number of nitrogens with one attached hydrogen (secondary N) is 1. The summed E-state index contributed by atoms with van der Waals surface area (Å²) in [7, 11) is -3.43. The Labute approximate surface area is 149 Å². The van der Waals surface area contributed by atoms with E-state index >= 15 is 0 Å². The minimum absolute atomic E-state index is 0.346. The molecule has 0 aliphatic carbocycles. The van der Waals surface area contributed by atoms with Crippen molar-refractivity contribution in [2.24, 2.45) is 0 Å². The van der Waals surface area contributed by atoms with Gasteiger partial charge in [0.2, 0.25) is 10.0 Å². The number of benzene rings is 1. The summed E-state index contributed by atoms with van der Waals surface area (Å²) in [6.07, 6.45) is 4.07. The highest BCUT2D eigenvalue weighted by molar-refractivity contribution is 7.89. The topological polar surface area (TPSA) is 75.4 Å². The third kappa shape index (κ3) is 4.04. The molecule has 1 fully saturated rings. The molecule has 1 aromatic carbocycles. The molecular weight excluding hydrogens is 338 g/mol. The van der Waals surface area contributed by atoms with E-state index in [9.17, 15) is 8.42 Å². The van der Waals surface area contributed by atoms with E-state index in [0.717, 1.165) is 48.4 Å². The van der Waals surface area contributed by atoms with Crippen molar-refractivity contribution in [1.82, 2.24) is 9.46 Å². The Kier molecular flexibility index (Phi) is 5.44. The van der Waals surface area contributed by atoms with Crippen molar-refractivity contribution in [2.75, 3.05) is 18.4 Å². The first-order valence-electron chi connectivity index (χ1n) is 8.74. The average molecular weight is 363 g/mol. The minimum Gasteiger partial charge on any atom is -0.381 e. The number of rotatable bonds is 5. The standard InChI is InChI=1S/C18H25N3O3S/c1-14-18(15(2)24-20-14)13-19-16-8-7-9-17(12-16)25(22,23)21-10-5-3-4-6-11-21/h7-9,12,19H,3-6,10-11,13H2,1-2H3. The molecule has 0 amide bonds. The number of hydrogen-bond acceptors (Lipinski definition) is 5. The van der Waals surface area contributed by atoms with Crippen LogP contribution in [0.25, 0.3) is 0 Å². The summed E-state index contributed by atoms with van der Waals surface area (Å²) >= 11 is 0. The van der Waals surface area contributed by atoms with Gasteiger partial charge in [-0.2, -0.15) is 4.31 Å². The lowest BCUT2D eigenvalue weighted by molar-refractivity contribution is 0.392. The van der Waals surface area contributed by atoms with Crippen molar-refractivity contribution in [2.45, 2.75) is 51.0 Å². The Morgan fingerprint density at radius 3 is 2.52 bits per heavy atom. The molecule has 1 aromatic heterocycles. The first kappa shape index (κ1) is 17.9. The SMILES string of the molecule is Cc1noc(C)c1CNc1cccc(S(=O)(=O)N2CCCCCC2)c1. The lowest BCUT2D eigenvalue weighted by atomic mass is 10.2. The van der Waals surface area contributed by atoms with Crippen LogP contribution in [-0.4, -0.2) is 31.0 Å². The molecule has 0 atom stereocenters. The fraction of sp³-hybridized carbons (Fsp3) is 0.500. The number of aromatic nitrogens is 1. The quantitative estimate of drug-likeness (QED) is 0.880. The second kappa shape index (κ2) is 7.58. The van der Waals surface area contributed by atoms with E-state index in [1.54, 1.807) is 22.5 Å². The molecule has 0 unspecified atom stereocenters. The number of anilines is 1. The fourth-order valence-electron chi connectivity index (χ4n) is 3.14. The molecule has 25 heavy (non-hydrogen) atoms. The molecule has 6 nitrogen and oxygen atoms in total. The van der Waals surface area contributed by atoms with Crippen LogP contribution in [0.5, 0.6) is 0 Å². The van der Waals surface area contributed by atoms with E-state index in [1.165, 1.54) is 0 Å². The molecule has 1 saturated heterocycles. The van der Waals surface area contributed by atoms with Crippen LogP contribution < -0.4 is 5.32 Å². The zero-order valence-electron chi connectivity index (χ0n) is 14.8. The van der Waals surface area contributed by atoms with Crippen molar-refractivity contribution in [3.05, 3.63) is 41.3 Å². The van der Waals surface area contributed by atoms with Gasteiger partial charge in [-0.1, -0.05) is 24.1 Å². The van der Waals surface area contributed by atoms with Crippen LogP contribution in [0.4, 0.5) is 5.69 Å². The van der Waals surface area contributed by atoms with Crippen molar-refractivity contribution in [1.29, 1.82) is 0 Å². The maximum absolute atomic E-state index is 12.9. The molecule has 7 heteroatoms. The van der Waals surface area contributed by atoms with Gasteiger partial charge in [-0.3, -0.25) is 0 Å². The molecule has 1 aliphatic heterocycles. The van der Waals surface area contributed by atoms with Gasteiger partial charge < -0.3 is 9.84 Å². The summed E-state index contributed by atoms with van der Waals surface area (Å²) in [5, 5.41) is 7.21. The first-order chi connectivity index (χ1) is 12.0. The molecule has 0 spiro atoms. The van der Waals surface area contributed by atoms with E-state index in [1.807, 2.05) is 19.9 Å². The maximum atomic E-state index is 12.9. The lowest BCUT2D eigenvalue weighted by Gasteiger charge is -2.20. The monoisotopic (exact) mass is 363 g/mol. The van der Waals surface area contributed by atoms with Crippen LogP contribution in [0.3, 0.4) is 0 Å². The molecule has 0 radical (unpaired) electrons. The summed E-state index contributed by atoms with van der Waals surface area (Å²) in [6, 6.07) is 7.03. The zero-order chi connectivity index (χ0) is 17.9. The summed E-state index contributed by atoms with van der Waals surface area (Å²) in [4.78, 5) is 0.346. The Balaban J connectivity index is 1.76. The van der Waals surface area contributed by atoms with E-state index in [-0.39, 0.29) is 0 Å². The zero-order valence-corrected chi connectivity index (χ0v) is 15.6. The van der Waals surface area contributed by atoms with Crippen LogP contribution in [0.1, 0.15) is 42.7 Å². The predicted molar refractivity (Wildman–Crippen MR) is 97.0 cm³/mol. The molecule has 0 saturated carbocycles. The molecule has 1 N–H and O–H groups in total. The highest BCUT2D eigenvalue weighted by Gasteiger charge is 2.25. The Bertz CT molecular complexity index is 802. The summed E-state index contributed by atoms with van der Waals surface area (Å²) in [5.41, 5.74) is 2.62. The fourth-order valence-corrected chi connectivity index (χ4v) is 4.71. The van der Waals surface area contributed by atoms with Crippen LogP contribution in [-0.2, 0) is 16.6 Å². The maximum Gasteiger partial charge on any atom is 0.243 e. The molecule has 0 bridgehead atoms. The number of aryl methyl sites for hydroxylation is 2. The van der Waals surface area contributed by atoms with Crippen molar-refractivity contribution < 1.29 is 12.9 Å². The molecule has 1 aliphatic rings. The molecule has 136 valence electrons. The summed E-state index contributed by atoms with van der Waals surface area (Å²) in [5.74, 6) is 0.776. The molecule has 3 rings (SSSR count). The second-order valence-electron chi connectivity index (χ2n) is 6.50. The van der Waals surface area contributed by atoms with Gasteiger partial charge in [-0.25, -0.2) is 8.42 Å². The van der Waals surface area contributed by atoms with Gasteiger partial charge >= 0.3 is 0 Å². The van der Waals surface area contributed by atoms with E-state index < -0.39 is 10.0 Å². The normalized spacial score (nSPS) is 16.6. The highest BCUT2D eigenvalue weighted by atomic mass is 32.2. The summed E-state index contributed by atoms with van der Waals surface area (Å²) < 4.78 is 32.6. The van der Waals surface area contributed by atoms with Crippen LogP contribution >= 0.6 is 0 Å². The van der Waals surface area contributed by atoms with Gasteiger partial charge in [0.05, 0.1) is 10.6 Å². The third-order valence-corrected chi connectivity index (χ3v) is 6.58. The number of hydrogen-bond donors (Lipinski definition) is 1. The van der Waals surface area contributed by atoms with Gasteiger partial charge in [-0.05, 0) is 44.9 Å². The van der Waals surface area contributed by atoms with Gasteiger partial charge in [0, 0.05) is 30.9 Å². The van der Waals surface area contributed by atoms with E-state index in [2.05, 4.69) is 10.5 Å². The van der Waals surface area contributed by atoms with Gasteiger partial charge in [0.25, 0.3) is 0 Å². The van der Waals surface area contributed by atoms with Crippen molar-refractivity contribution >= 4 is 15.7 Å². The third-order valence-electron chi connectivity index (χ3n) is 4.69. The second-order valence-corrected chi connectivity index (χ2v) is 8.44. The van der Waals surface area contributed by atoms with Crippen molar-refractivity contribution in [3.63, 3.8) is 0 Å². The number of nitrogens with zero attached hydrogens (tertiary/aromatic N) is 2. The molecular formula is C18H25N3O3S. The van der Waals surface area contributed by atoms with Crippen LogP contribution in [0, 0.1) is 13.8 Å². The first-order valence-corrected chi connectivity index (χ1v) is 10.2. The van der Waals surface area contributed by atoms with Crippen molar-refractivity contribution in [3.8, 4) is 0 Å². The predicted octanol–water partition coefficient (Wildman–Crippen LogP) is 3.47. The van der Waals surface area contributed by atoms with E-state index in [4.69, 9.17) is 4.52 Å². The Morgan fingerprint density at radius 1 is 1.16 bits per heavy atom. The van der Waals surface area contributed by atoms with Gasteiger partial charge in [0.15, 0.2) is 0 Å². The molecule has 2 heterocycles. The smallest absolute Gasteiger partial charge is 0.243 e.